The number of rotatable bonds is 5. The minimum atomic E-state index is -0.383. The summed E-state index contributed by atoms with van der Waals surface area (Å²) < 4.78 is 19.1. The molecule has 7 heteroatoms. The third-order valence-electron chi connectivity index (χ3n) is 3.83. The highest BCUT2D eigenvalue weighted by atomic mass is 19.1. The van der Waals surface area contributed by atoms with Crippen molar-refractivity contribution < 1.29 is 18.7 Å². The average molecular weight is 355 g/mol. The van der Waals surface area contributed by atoms with E-state index in [1.807, 2.05) is 0 Å². The van der Waals surface area contributed by atoms with Crippen molar-refractivity contribution in [2.24, 2.45) is 0 Å². The molecule has 1 heterocycles. The molecular weight excluding hydrogens is 337 g/mol. The summed E-state index contributed by atoms with van der Waals surface area (Å²) in [7, 11) is 3.31. The van der Waals surface area contributed by atoms with Gasteiger partial charge in [-0.2, -0.15) is 0 Å². The minimum absolute atomic E-state index is 0.0562. The van der Waals surface area contributed by atoms with Crippen LogP contribution in [0, 0.1) is 5.82 Å². The van der Waals surface area contributed by atoms with E-state index in [1.165, 1.54) is 17.0 Å². The molecule has 2 N–H and O–H groups in total. The van der Waals surface area contributed by atoms with Crippen molar-refractivity contribution in [1.29, 1.82) is 0 Å². The molecule has 2 amide bonds. The molecule has 0 saturated carbocycles. The van der Waals surface area contributed by atoms with Crippen LogP contribution in [0.25, 0.3) is 10.9 Å². The molecule has 0 radical (unpaired) electrons. The van der Waals surface area contributed by atoms with E-state index >= 15 is 0 Å². The summed E-state index contributed by atoms with van der Waals surface area (Å²) in [6.07, 6.45) is 0. The standard InChI is InChI=1S/C19H18FN3O3/c1-23(2)18(24)11-26-13-8-6-12(7-9-13)21-19(25)17-10-14-15(20)4-3-5-16(14)22-17/h3-10,22H,11H2,1-2H3,(H,21,25). The second kappa shape index (κ2) is 7.26. The number of fused-ring (bicyclic) bond motifs is 1. The second-order valence-corrected chi connectivity index (χ2v) is 5.94. The zero-order valence-corrected chi connectivity index (χ0v) is 14.4. The van der Waals surface area contributed by atoms with E-state index < -0.39 is 0 Å². The highest BCUT2D eigenvalue weighted by Crippen LogP contribution is 2.20. The maximum atomic E-state index is 13.7. The topological polar surface area (TPSA) is 74.4 Å². The molecule has 134 valence electrons. The molecule has 0 fully saturated rings. The third kappa shape index (κ3) is 3.83. The molecule has 3 rings (SSSR count). The molecule has 0 aliphatic heterocycles. The Labute approximate surface area is 149 Å². The van der Waals surface area contributed by atoms with Gasteiger partial charge < -0.3 is 19.9 Å². The number of H-pyrrole nitrogens is 1. The van der Waals surface area contributed by atoms with Crippen LogP contribution in [0.3, 0.4) is 0 Å². The van der Waals surface area contributed by atoms with Gasteiger partial charge in [0, 0.05) is 30.7 Å². The first-order valence-electron chi connectivity index (χ1n) is 7.95. The lowest BCUT2D eigenvalue weighted by Gasteiger charge is -2.11. The number of carbonyl (C=O) groups excluding carboxylic acids is 2. The molecule has 0 aliphatic carbocycles. The first kappa shape index (κ1) is 17.5. The summed E-state index contributed by atoms with van der Waals surface area (Å²) >= 11 is 0. The van der Waals surface area contributed by atoms with Gasteiger partial charge in [0.05, 0.1) is 0 Å². The van der Waals surface area contributed by atoms with Gasteiger partial charge in [0.1, 0.15) is 17.3 Å². The van der Waals surface area contributed by atoms with Gasteiger partial charge in [-0.25, -0.2) is 4.39 Å². The van der Waals surface area contributed by atoms with Crippen LogP contribution in [0.5, 0.6) is 5.75 Å². The Balaban J connectivity index is 1.65. The van der Waals surface area contributed by atoms with E-state index in [1.54, 1.807) is 50.5 Å². The zero-order valence-electron chi connectivity index (χ0n) is 14.4. The number of nitrogens with one attached hydrogen (secondary N) is 2. The fraction of sp³-hybridized carbons (Fsp3) is 0.158. The first-order chi connectivity index (χ1) is 12.4. The number of anilines is 1. The molecule has 3 aromatic rings. The Morgan fingerprint density at radius 2 is 1.88 bits per heavy atom. The van der Waals surface area contributed by atoms with Crippen LogP contribution >= 0.6 is 0 Å². The number of halogens is 1. The Morgan fingerprint density at radius 3 is 2.54 bits per heavy atom. The van der Waals surface area contributed by atoms with Gasteiger partial charge in [0.15, 0.2) is 6.61 Å². The number of hydrogen-bond acceptors (Lipinski definition) is 3. The first-order valence-corrected chi connectivity index (χ1v) is 7.95. The Bertz CT molecular complexity index is 948. The van der Waals surface area contributed by atoms with Crippen LogP contribution in [0.2, 0.25) is 0 Å². The molecule has 0 aliphatic rings. The van der Waals surface area contributed by atoms with E-state index in [0.29, 0.717) is 22.3 Å². The molecule has 2 aromatic carbocycles. The normalized spacial score (nSPS) is 10.6. The Hall–Kier alpha value is -3.35. The lowest BCUT2D eigenvalue weighted by atomic mass is 10.2. The van der Waals surface area contributed by atoms with Gasteiger partial charge in [-0.05, 0) is 42.5 Å². The molecule has 6 nitrogen and oxygen atoms in total. The van der Waals surface area contributed by atoms with Gasteiger partial charge in [-0.15, -0.1) is 0 Å². The van der Waals surface area contributed by atoms with Crippen molar-refractivity contribution in [2.45, 2.75) is 0 Å². The van der Waals surface area contributed by atoms with Crippen LogP contribution < -0.4 is 10.1 Å². The Kier molecular flexibility index (Phi) is 4.88. The van der Waals surface area contributed by atoms with Gasteiger partial charge in [0.2, 0.25) is 0 Å². The summed E-state index contributed by atoms with van der Waals surface area (Å²) in [4.78, 5) is 28.2. The van der Waals surface area contributed by atoms with Gasteiger partial charge >= 0.3 is 0 Å². The average Bonchev–Trinajstić information content (AvgIpc) is 3.06. The predicted molar refractivity (Wildman–Crippen MR) is 96.8 cm³/mol. The fourth-order valence-corrected chi connectivity index (χ4v) is 2.35. The molecule has 0 saturated heterocycles. The van der Waals surface area contributed by atoms with Gasteiger partial charge in [-0.1, -0.05) is 6.07 Å². The number of benzene rings is 2. The highest BCUT2D eigenvalue weighted by molar-refractivity contribution is 6.06. The number of aromatic nitrogens is 1. The number of amides is 2. The number of ether oxygens (including phenoxy) is 1. The number of hydrogen-bond donors (Lipinski definition) is 2. The lowest BCUT2D eigenvalue weighted by Crippen LogP contribution is -2.27. The third-order valence-corrected chi connectivity index (χ3v) is 3.83. The summed E-state index contributed by atoms with van der Waals surface area (Å²) in [6.45, 7) is -0.0562. The number of aromatic amines is 1. The molecule has 0 bridgehead atoms. The minimum Gasteiger partial charge on any atom is -0.484 e. The number of likely N-dealkylation sites (N-methyl/N-ethyl adjacent to an activating group) is 1. The summed E-state index contributed by atoms with van der Waals surface area (Å²) in [5.41, 5.74) is 1.38. The van der Waals surface area contributed by atoms with Crippen LogP contribution in [0.4, 0.5) is 10.1 Å². The SMILES string of the molecule is CN(C)C(=O)COc1ccc(NC(=O)c2cc3c(F)cccc3[nH]2)cc1. The number of carbonyl (C=O) groups is 2. The van der Waals surface area contributed by atoms with E-state index in [-0.39, 0.29) is 29.9 Å². The summed E-state index contributed by atoms with van der Waals surface area (Å²) in [6, 6.07) is 12.7. The molecule has 0 spiro atoms. The van der Waals surface area contributed by atoms with Crippen molar-refractivity contribution in [3.05, 3.63) is 60.0 Å². The monoisotopic (exact) mass is 355 g/mol. The quantitative estimate of drug-likeness (QED) is 0.739. The van der Waals surface area contributed by atoms with Crippen molar-refractivity contribution in [3.8, 4) is 5.75 Å². The van der Waals surface area contributed by atoms with E-state index in [4.69, 9.17) is 4.74 Å². The van der Waals surface area contributed by atoms with Crippen molar-refractivity contribution >= 4 is 28.4 Å². The lowest BCUT2D eigenvalue weighted by molar-refractivity contribution is -0.130. The summed E-state index contributed by atoms with van der Waals surface area (Å²) in [5.74, 6) is -0.386. The predicted octanol–water partition coefficient (Wildman–Crippen LogP) is 3.03. The molecule has 0 unspecified atom stereocenters. The maximum Gasteiger partial charge on any atom is 0.272 e. The van der Waals surface area contributed by atoms with E-state index in [9.17, 15) is 14.0 Å². The van der Waals surface area contributed by atoms with Gasteiger partial charge in [0.25, 0.3) is 11.8 Å². The van der Waals surface area contributed by atoms with Crippen molar-refractivity contribution in [2.75, 3.05) is 26.0 Å². The molecule has 0 atom stereocenters. The van der Waals surface area contributed by atoms with Crippen molar-refractivity contribution in [1.82, 2.24) is 9.88 Å². The second-order valence-electron chi connectivity index (χ2n) is 5.94. The largest absolute Gasteiger partial charge is 0.484 e. The molecular formula is C19H18FN3O3. The summed E-state index contributed by atoms with van der Waals surface area (Å²) in [5, 5.41) is 3.09. The van der Waals surface area contributed by atoms with Crippen LogP contribution in [0.15, 0.2) is 48.5 Å². The fourth-order valence-electron chi connectivity index (χ4n) is 2.35. The maximum absolute atomic E-state index is 13.7. The molecule has 26 heavy (non-hydrogen) atoms. The highest BCUT2D eigenvalue weighted by Gasteiger charge is 2.12. The van der Waals surface area contributed by atoms with Crippen LogP contribution in [0.1, 0.15) is 10.5 Å². The van der Waals surface area contributed by atoms with E-state index in [2.05, 4.69) is 10.3 Å². The smallest absolute Gasteiger partial charge is 0.272 e. The zero-order chi connectivity index (χ0) is 18.7. The number of nitrogens with zero attached hydrogens (tertiary/aromatic N) is 1. The molecule has 1 aromatic heterocycles. The van der Waals surface area contributed by atoms with Crippen LogP contribution in [-0.2, 0) is 4.79 Å². The van der Waals surface area contributed by atoms with Gasteiger partial charge in [-0.3, -0.25) is 9.59 Å². The van der Waals surface area contributed by atoms with Crippen molar-refractivity contribution in [3.63, 3.8) is 0 Å². The Morgan fingerprint density at radius 1 is 1.15 bits per heavy atom. The van der Waals surface area contributed by atoms with E-state index in [0.717, 1.165) is 0 Å². The van der Waals surface area contributed by atoms with Crippen LogP contribution in [-0.4, -0.2) is 42.4 Å².